The molecule has 35 heavy (non-hydrogen) atoms. The zero-order valence-electron chi connectivity index (χ0n) is 19.8. The van der Waals surface area contributed by atoms with Crippen LogP contribution >= 0.6 is 11.3 Å². The topological polar surface area (TPSA) is 81.0 Å². The van der Waals surface area contributed by atoms with Gasteiger partial charge in [0.1, 0.15) is 6.07 Å². The summed E-state index contributed by atoms with van der Waals surface area (Å²) in [6, 6.07) is 15.1. The molecule has 0 aliphatic carbocycles. The summed E-state index contributed by atoms with van der Waals surface area (Å²) in [4.78, 5) is 16.4. The maximum absolute atomic E-state index is 13.4. The number of methoxy groups -OCH3 is 3. The molecule has 1 amide bonds. The number of carbonyl (C=O) groups is 1. The number of benzene rings is 2. The highest BCUT2D eigenvalue weighted by Crippen LogP contribution is 2.42. The van der Waals surface area contributed by atoms with Crippen molar-refractivity contribution in [2.45, 2.75) is 12.5 Å². The first-order valence-corrected chi connectivity index (χ1v) is 11.9. The average molecular weight is 491 g/mol. The number of amides is 1. The summed E-state index contributed by atoms with van der Waals surface area (Å²) in [5.74, 6) is 2.22. The zero-order chi connectivity index (χ0) is 24.8. The van der Waals surface area contributed by atoms with Crippen molar-refractivity contribution in [3.63, 3.8) is 0 Å². The molecular formula is C27H26N2O5S. The quantitative estimate of drug-likeness (QED) is 0.420. The van der Waals surface area contributed by atoms with Gasteiger partial charge in [0.2, 0.25) is 5.91 Å². The molecule has 0 bridgehead atoms. The Kier molecular flexibility index (Phi) is 7.58. The summed E-state index contributed by atoms with van der Waals surface area (Å²) in [6.45, 7) is 0.514. The van der Waals surface area contributed by atoms with Crippen LogP contribution in [-0.2, 0) is 11.2 Å². The number of nitrogens with zero attached hydrogens (tertiary/aromatic N) is 2. The van der Waals surface area contributed by atoms with Gasteiger partial charge in [-0.25, -0.2) is 0 Å². The van der Waals surface area contributed by atoms with Crippen LogP contribution in [0.5, 0.6) is 23.0 Å². The molecule has 180 valence electrons. The molecule has 1 aliphatic heterocycles. The van der Waals surface area contributed by atoms with Crippen LogP contribution in [0.2, 0.25) is 0 Å². The van der Waals surface area contributed by atoms with E-state index in [9.17, 15) is 4.79 Å². The van der Waals surface area contributed by atoms with Crippen LogP contribution < -0.4 is 18.9 Å². The SMILES string of the molecule is COc1cc2c(cc1OC)C(c1cccs1)N(C(=O)/C=C/c1ccc(OCC#N)c(OC)c1)CC2. The lowest BCUT2D eigenvalue weighted by atomic mass is 9.90. The Balaban J connectivity index is 1.63. The zero-order valence-corrected chi connectivity index (χ0v) is 20.6. The standard InChI is InChI=1S/C27H26N2O5S/c1-31-22-15-18(6-8-21(22)34-13-11-28)7-9-26(30)29-12-10-19-16-23(32-2)24(33-3)17-20(19)27(29)25-5-4-14-35-25/h4-9,14-17,27H,10,12-13H2,1-3H3/b9-7+. The summed E-state index contributed by atoms with van der Waals surface area (Å²) in [5.41, 5.74) is 2.97. The van der Waals surface area contributed by atoms with Crippen LogP contribution in [0, 0.1) is 11.3 Å². The predicted octanol–water partition coefficient (Wildman–Crippen LogP) is 4.86. The van der Waals surface area contributed by atoms with Crippen molar-refractivity contribution in [1.82, 2.24) is 4.90 Å². The molecule has 1 aromatic heterocycles. The third kappa shape index (κ3) is 5.10. The fraction of sp³-hybridized carbons (Fsp3) is 0.259. The van der Waals surface area contributed by atoms with E-state index in [4.69, 9.17) is 24.2 Å². The lowest BCUT2D eigenvalue weighted by molar-refractivity contribution is -0.127. The molecule has 1 atom stereocenters. The van der Waals surface area contributed by atoms with E-state index in [-0.39, 0.29) is 18.6 Å². The molecule has 3 aromatic rings. The summed E-state index contributed by atoms with van der Waals surface area (Å²) < 4.78 is 21.8. The Hall–Kier alpha value is -3.96. The van der Waals surface area contributed by atoms with E-state index in [0.717, 1.165) is 28.0 Å². The Morgan fingerprint density at radius 2 is 1.83 bits per heavy atom. The number of carbonyl (C=O) groups excluding carboxylic acids is 1. The van der Waals surface area contributed by atoms with E-state index < -0.39 is 0 Å². The maximum atomic E-state index is 13.4. The molecular weight excluding hydrogens is 464 g/mol. The minimum Gasteiger partial charge on any atom is -0.493 e. The second kappa shape index (κ2) is 11.0. The molecule has 8 heteroatoms. The molecule has 4 rings (SSSR count). The molecule has 0 N–H and O–H groups in total. The molecule has 1 aliphatic rings. The smallest absolute Gasteiger partial charge is 0.247 e. The third-order valence-corrected chi connectivity index (χ3v) is 6.79. The normalized spacial score (nSPS) is 14.8. The number of fused-ring (bicyclic) bond motifs is 1. The molecule has 0 saturated heterocycles. The van der Waals surface area contributed by atoms with Gasteiger partial charge in [-0.15, -0.1) is 11.3 Å². The van der Waals surface area contributed by atoms with E-state index in [1.54, 1.807) is 49.8 Å². The van der Waals surface area contributed by atoms with Crippen LogP contribution in [0.4, 0.5) is 0 Å². The second-order valence-electron chi connectivity index (χ2n) is 7.80. The molecule has 0 fully saturated rings. The summed E-state index contributed by atoms with van der Waals surface area (Å²) in [7, 11) is 4.78. The highest BCUT2D eigenvalue weighted by Gasteiger charge is 2.33. The van der Waals surface area contributed by atoms with Gasteiger partial charge >= 0.3 is 0 Å². The largest absolute Gasteiger partial charge is 0.493 e. The summed E-state index contributed by atoms with van der Waals surface area (Å²) >= 11 is 1.62. The predicted molar refractivity (Wildman–Crippen MR) is 134 cm³/mol. The Labute approximate surface area is 208 Å². The lowest BCUT2D eigenvalue weighted by Gasteiger charge is -2.37. The van der Waals surface area contributed by atoms with E-state index in [0.29, 0.717) is 29.5 Å². The molecule has 0 spiro atoms. The van der Waals surface area contributed by atoms with Gasteiger partial charge in [0.05, 0.1) is 27.4 Å². The van der Waals surface area contributed by atoms with Crippen LogP contribution in [0.15, 0.2) is 53.9 Å². The minimum atomic E-state index is -0.216. The number of hydrogen-bond acceptors (Lipinski definition) is 7. The molecule has 2 heterocycles. The van der Waals surface area contributed by atoms with Gasteiger partial charge in [0, 0.05) is 17.5 Å². The van der Waals surface area contributed by atoms with E-state index in [2.05, 4.69) is 6.07 Å². The molecule has 7 nitrogen and oxygen atoms in total. The van der Waals surface area contributed by atoms with E-state index in [1.165, 1.54) is 7.11 Å². The molecule has 0 radical (unpaired) electrons. The van der Waals surface area contributed by atoms with Crippen molar-refractivity contribution in [2.75, 3.05) is 34.5 Å². The van der Waals surface area contributed by atoms with E-state index >= 15 is 0 Å². The first kappa shape index (κ1) is 24.2. The fourth-order valence-electron chi connectivity index (χ4n) is 4.22. The number of nitriles is 1. The van der Waals surface area contributed by atoms with Gasteiger partial charge in [-0.2, -0.15) is 5.26 Å². The number of rotatable bonds is 8. The summed E-state index contributed by atoms with van der Waals surface area (Å²) in [6.07, 6.45) is 4.06. The van der Waals surface area contributed by atoms with Gasteiger partial charge in [0.25, 0.3) is 0 Å². The first-order chi connectivity index (χ1) is 17.1. The van der Waals surface area contributed by atoms with Crippen molar-refractivity contribution in [1.29, 1.82) is 5.26 Å². The monoisotopic (exact) mass is 490 g/mol. The first-order valence-electron chi connectivity index (χ1n) is 11.0. The van der Waals surface area contributed by atoms with Crippen molar-refractivity contribution in [2.24, 2.45) is 0 Å². The number of hydrogen-bond donors (Lipinski definition) is 0. The molecule has 0 saturated carbocycles. The van der Waals surface area contributed by atoms with Gasteiger partial charge in [-0.05, 0) is 64.9 Å². The fourth-order valence-corrected chi connectivity index (χ4v) is 5.07. The summed E-state index contributed by atoms with van der Waals surface area (Å²) in [5, 5.41) is 10.8. The van der Waals surface area contributed by atoms with Gasteiger partial charge in [-0.3, -0.25) is 4.79 Å². The highest BCUT2D eigenvalue weighted by atomic mass is 32.1. The Bertz CT molecular complexity index is 1260. The van der Waals surface area contributed by atoms with Crippen molar-refractivity contribution < 1.29 is 23.7 Å². The van der Waals surface area contributed by atoms with Crippen molar-refractivity contribution >= 4 is 23.3 Å². The van der Waals surface area contributed by atoms with Gasteiger partial charge in [0.15, 0.2) is 29.6 Å². The molecule has 2 aromatic carbocycles. The Morgan fingerprint density at radius 3 is 2.51 bits per heavy atom. The average Bonchev–Trinajstić information content (AvgIpc) is 3.43. The number of ether oxygens (including phenoxy) is 4. The second-order valence-corrected chi connectivity index (χ2v) is 8.78. The number of thiophene rings is 1. The third-order valence-electron chi connectivity index (χ3n) is 5.87. The lowest BCUT2D eigenvalue weighted by Crippen LogP contribution is -2.39. The van der Waals surface area contributed by atoms with Gasteiger partial charge in [-0.1, -0.05) is 12.1 Å². The maximum Gasteiger partial charge on any atom is 0.247 e. The molecule has 1 unspecified atom stereocenters. The minimum absolute atomic E-state index is 0.0682. The Morgan fingerprint density at radius 1 is 1.09 bits per heavy atom. The highest BCUT2D eigenvalue weighted by molar-refractivity contribution is 7.10. The van der Waals surface area contributed by atoms with Crippen molar-refractivity contribution in [3.8, 4) is 29.1 Å². The van der Waals surface area contributed by atoms with Crippen LogP contribution in [0.1, 0.15) is 27.6 Å². The van der Waals surface area contributed by atoms with Crippen LogP contribution in [0.25, 0.3) is 6.08 Å². The van der Waals surface area contributed by atoms with Crippen molar-refractivity contribution in [3.05, 3.63) is 75.5 Å². The van der Waals surface area contributed by atoms with Crippen LogP contribution in [-0.4, -0.2) is 45.3 Å². The van der Waals surface area contributed by atoms with Gasteiger partial charge < -0.3 is 23.8 Å². The van der Waals surface area contributed by atoms with E-state index in [1.807, 2.05) is 40.6 Å². The van der Waals surface area contributed by atoms with Crippen LogP contribution in [0.3, 0.4) is 0 Å².